The van der Waals surface area contributed by atoms with Crippen LogP contribution in [0.3, 0.4) is 0 Å². The minimum absolute atomic E-state index is 0.133. The SMILES string of the molecule is NCCCN1C(=O)N(CCCN)C(=O)C(Cc2ccc(Br)c3ccccc23)(Cc2ccc(Br)c3ccccc23)C1=O.O=C(O)C(F)(F)F.O=C(O)C(F)(F)F. The van der Waals surface area contributed by atoms with Crippen LogP contribution >= 0.6 is 31.9 Å². The summed E-state index contributed by atoms with van der Waals surface area (Å²) in [5.74, 6) is -6.48. The number of alkyl halides is 6. The van der Waals surface area contributed by atoms with E-state index in [2.05, 4.69) is 31.9 Å². The van der Waals surface area contributed by atoms with Gasteiger partial charge >= 0.3 is 30.3 Å². The van der Waals surface area contributed by atoms with E-state index in [1.807, 2.05) is 72.8 Å². The van der Waals surface area contributed by atoms with Crippen LogP contribution in [0.2, 0.25) is 0 Å². The van der Waals surface area contributed by atoms with E-state index in [0.29, 0.717) is 25.9 Å². The second-order valence-electron chi connectivity index (χ2n) is 12.0. The van der Waals surface area contributed by atoms with Gasteiger partial charge in [-0.25, -0.2) is 14.4 Å². The zero-order valence-corrected chi connectivity index (χ0v) is 31.8. The van der Waals surface area contributed by atoms with Gasteiger partial charge < -0.3 is 21.7 Å². The molecule has 55 heavy (non-hydrogen) atoms. The van der Waals surface area contributed by atoms with E-state index in [-0.39, 0.29) is 25.9 Å². The van der Waals surface area contributed by atoms with Crippen molar-refractivity contribution < 1.29 is 60.5 Å². The maximum Gasteiger partial charge on any atom is 0.490 e. The number of halogens is 8. The molecule has 0 radical (unpaired) electrons. The third-order valence-corrected chi connectivity index (χ3v) is 9.72. The van der Waals surface area contributed by atoms with Crippen LogP contribution in [0.15, 0.2) is 81.7 Å². The average molecular weight is 908 g/mol. The molecule has 0 atom stereocenters. The number of urea groups is 1. The van der Waals surface area contributed by atoms with Crippen molar-refractivity contribution in [2.24, 2.45) is 16.9 Å². The first-order valence-corrected chi connectivity index (χ1v) is 17.8. The van der Waals surface area contributed by atoms with Crippen molar-refractivity contribution >= 4 is 83.2 Å². The van der Waals surface area contributed by atoms with Gasteiger partial charge in [0.15, 0.2) is 0 Å². The molecule has 0 spiro atoms. The highest BCUT2D eigenvalue weighted by atomic mass is 79.9. The second-order valence-corrected chi connectivity index (χ2v) is 13.7. The summed E-state index contributed by atoms with van der Waals surface area (Å²) in [6.07, 6.45) is -9.02. The lowest BCUT2D eigenvalue weighted by atomic mass is 9.71. The number of nitrogens with zero attached hydrogens (tertiary/aromatic N) is 2. The van der Waals surface area contributed by atoms with Crippen molar-refractivity contribution in [1.82, 2.24) is 9.80 Å². The van der Waals surface area contributed by atoms with Gasteiger partial charge in [0.25, 0.3) is 0 Å². The third kappa shape index (κ3) is 10.8. The summed E-state index contributed by atoms with van der Waals surface area (Å²) in [5, 5.41) is 18.1. The van der Waals surface area contributed by atoms with Crippen molar-refractivity contribution in [1.29, 1.82) is 0 Å². The number of carboxylic acids is 2. The fourth-order valence-electron chi connectivity index (χ4n) is 5.79. The maximum atomic E-state index is 14.6. The van der Waals surface area contributed by atoms with Crippen molar-refractivity contribution in [3.8, 4) is 0 Å². The van der Waals surface area contributed by atoms with Crippen LogP contribution in [0.4, 0.5) is 31.1 Å². The number of carbonyl (C=O) groups is 5. The molecule has 0 aliphatic carbocycles. The summed E-state index contributed by atoms with van der Waals surface area (Å²) in [6.45, 7) is 0.917. The summed E-state index contributed by atoms with van der Waals surface area (Å²) in [7, 11) is 0. The molecule has 1 saturated heterocycles. The topological polar surface area (TPSA) is 184 Å². The second kappa shape index (κ2) is 18.8. The molecule has 1 heterocycles. The maximum absolute atomic E-state index is 14.6. The molecule has 4 aromatic rings. The fourth-order valence-corrected chi connectivity index (χ4v) is 6.75. The van der Waals surface area contributed by atoms with E-state index >= 15 is 0 Å². The molecule has 0 bridgehead atoms. The number of imide groups is 2. The molecule has 4 amide bonds. The zero-order chi connectivity index (χ0) is 41.3. The first-order valence-electron chi connectivity index (χ1n) is 16.2. The number of nitrogens with two attached hydrogens (primary N) is 2. The first-order chi connectivity index (χ1) is 25.7. The molecule has 19 heteroatoms. The van der Waals surface area contributed by atoms with E-state index in [4.69, 9.17) is 31.3 Å². The Morgan fingerprint density at radius 3 is 1.20 bits per heavy atom. The molecule has 4 aromatic carbocycles. The molecule has 296 valence electrons. The Balaban J connectivity index is 0.000000494. The molecule has 1 fully saturated rings. The lowest BCUT2D eigenvalue weighted by molar-refractivity contribution is -0.193. The minimum Gasteiger partial charge on any atom is -0.475 e. The van der Waals surface area contributed by atoms with Crippen molar-refractivity contribution in [3.05, 3.63) is 92.9 Å². The van der Waals surface area contributed by atoms with Gasteiger partial charge in [-0.15, -0.1) is 0 Å². The number of amides is 4. The first kappa shape index (κ1) is 44.8. The number of rotatable bonds is 10. The molecular formula is C36H34Br2F6N4O7. The van der Waals surface area contributed by atoms with E-state index < -0.39 is 47.6 Å². The van der Waals surface area contributed by atoms with Crippen LogP contribution in [0.1, 0.15) is 24.0 Å². The molecule has 11 nitrogen and oxygen atoms in total. The number of hydrogen-bond donors (Lipinski definition) is 4. The van der Waals surface area contributed by atoms with Gasteiger partial charge in [0, 0.05) is 22.0 Å². The van der Waals surface area contributed by atoms with Gasteiger partial charge in [-0.3, -0.25) is 19.4 Å². The quantitative estimate of drug-likeness (QED) is 0.0958. The normalized spacial score (nSPS) is 14.3. The average Bonchev–Trinajstić information content (AvgIpc) is 3.13. The monoisotopic (exact) mass is 906 g/mol. The predicted molar refractivity (Wildman–Crippen MR) is 197 cm³/mol. The van der Waals surface area contributed by atoms with Crippen LogP contribution in [-0.2, 0) is 32.0 Å². The summed E-state index contributed by atoms with van der Waals surface area (Å²) < 4.78 is 65.3. The summed E-state index contributed by atoms with van der Waals surface area (Å²) in [5.41, 5.74) is 11.8. The minimum atomic E-state index is -5.08. The molecule has 0 unspecified atom stereocenters. The standard InChI is InChI=1S/C32H32Br2N4O3.2C2HF3O2/c33-27-13-11-21(23-7-1-3-9-25(23)27)19-32(20-22-12-14-28(34)26-10-4-2-8-24(22)26)29(39)37(17-5-15-35)31(41)38(30(32)40)18-6-16-36;2*3-2(4,5)1(6)7/h1-4,7-14H,5-6,15-20,35-36H2;2*(H,6,7). The lowest BCUT2D eigenvalue weighted by Gasteiger charge is -2.44. The van der Waals surface area contributed by atoms with Gasteiger partial charge in [0.05, 0.1) is 0 Å². The van der Waals surface area contributed by atoms with Crippen LogP contribution in [0.5, 0.6) is 0 Å². The molecule has 1 aliphatic rings. The highest BCUT2D eigenvalue weighted by Crippen LogP contribution is 2.41. The molecule has 0 saturated carbocycles. The Morgan fingerprint density at radius 1 is 0.600 bits per heavy atom. The lowest BCUT2D eigenvalue weighted by Crippen LogP contribution is -2.67. The van der Waals surface area contributed by atoms with Gasteiger partial charge in [-0.2, -0.15) is 26.3 Å². The number of carbonyl (C=O) groups excluding carboxylic acids is 3. The molecular weight excluding hydrogens is 874 g/mol. The zero-order valence-electron chi connectivity index (χ0n) is 28.6. The largest absolute Gasteiger partial charge is 0.490 e. The summed E-state index contributed by atoms with van der Waals surface area (Å²) >= 11 is 7.28. The van der Waals surface area contributed by atoms with Gasteiger partial charge in [-0.05, 0) is 83.6 Å². The smallest absolute Gasteiger partial charge is 0.475 e. The number of carboxylic acid groups (broad SMARTS) is 2. The number of fused-ring (bicyclic) bond motifs is 2. The Morgan fingerprint density at radius 2 is 0.909 bits per heavy atom. The molecule has 0 aromatic heterocycles. The van der Waals surface area contributed by atoms with Crippen molar-refractivity contribution in [2.45, 2.75) is 38.0 Å². The molecule has 6 N–H and O–H groups in total. The van der Waals surface area contributed by atoms with Crippen LogP contribution < -0.4 is 11.5 Å². The van der Waals surface area contributed by atoms with Gasteiger partial charge in [0.1, 0.15) is 5.41 Å². The van der Waals surface area contributed by atoms with Gasteiger partial charge in [-0.1, -0.05) is 92.5 Å². The number of benzene rings is 4. The van der Waals surface area contributed by atoms with Gasteiger partial charge in [0.2, 0.25) is 11.8 Å². The third-order valence-electron chi connectivity index (χ3n) is 8.33. The predicted octanol–water partition coefficient (Wildman–Crippen LogP) is 7.04. The van der Waals surface area contributed by atoms with E-state index in [1.165, 1.54) is 9.80 Å². The Labute approximate surface area is 326 Å². The fraction of sp³-hybridized carbons (Fsp3) is 0.306. The van der Waals surface area contributed by atoms with E-state index in [1.54, 1.807) is 0 Å². The number of aliphatic carboxylic acids is 2. The summed E-state index contributed by atoms with van der Waals surface area (Å²) in [4.78, 5) is 63.0. The Bertz CT molecular complexity index is 1920. The highest BCUT2D eigenvalue weighted by molar-refractivity contribution is 9.11. The molecule has 1 aliphatic heterocycles. The van der Waals surface area contributed by atoms with E-state index in [9.17, 15) is 40.7 Å². The number of barbiturate groups is 1. The van der Waals surface area contributed by atoms with Crippen LogP contribution in [0.25, 0.3) is 21.5 Å². The van der Waals surface area contributed by atoms with Crippen molar-refractivity contribution in [2.75, 3.05) is 26.2 Å². The highest BCUT2D eigenvalue weighted by Gasteiger charge is 2.57. The Kier molecular flexibility index (Phi) is 15.3. The van der Waals surface area contributed by atoms with Crippen LogP contribution in [0, 0.1) is 5.41 Å². The van der Waals surface area contributed by atoms with Crippen LogP contribution in [-0.4, -0.2) is 88.3 Å². The number of hydrogen-bond acceptors (Lipinski definition) is 7. The summed E-state index contributed by atoms with van der Waals surface area (Å²) in [6, 6.07) is 23.0. The van der Waals surface area contributed by atoms with Crippen molar-refractivity contribution in [3.63, 3.8) is 0 Å². The Hall–Kier alpha value is -4.59. The molecule has 5 rings (SSSR count). The van der Waals surface area contributed by atoms with E-state index in [0.717, 1.165) is 41.6 Å².